The molecule has 1 fully saturated rings. The number of benzene rings is 2. The van der Waals surface area contributed by atoms with E-state index >= 15 is 0 Å². The third kappa shape index (κ3) is 7.06. The zero-order valence-corrected chi connectivity index (χ0v) is 19.5. The molecule has 1 heterocycles. The average molecular weight is 498 g/mol. The molecule has 2 aromatic carbocycles. The summed E-state index contributed by atoms with van der Waals surface area (Å²) in [7, 11) is 0. The second kappa shape index (κ2) is 10.8. The van der Waals surface area contributed by atoms with Gasteiger partial charge in [0.15, 0.2) is 5.17 Å². The van der Waals surface area contributed by atoms with E-state index in [1.807, 2.05) is 13.8 Å². The number of alkyl halides is 3. The fourth-order valence-electron chi connectivity index (χ4n) is 3.01. The number of halogens is 3. The number of thioether (sulfide) groups is 1. The van der Waals surface area contributed by atoms with Crippen LogP contribution in [0.25, 0.3) is 0 Å². The minimum atomic E-state index is -3.83. The Bertz CT molecular complexity index is 1010. The Morgan fingerprint density at radius 3 is 2.39 bits per heavy atom. The molecule has 1 atom stereocenters. The van der Waals surface area contributed by atoms with Crippen LogP contribution in [0.3, 0.4) is 0 Å². The number of carbonyl (C=O) groups is 2. The smallest absolute Gasteiger partial charge is 0.487 e. The van der Waals surface area contributed by atoms with Gasteiger partial charge in [0, 0.05) is 30.3 Å². The zero-order chi connectivity index (χ0) is 24.0. The number of hydrogen-bond donors (Lipinski definition) is 1. The van der Waals surface area contributed by atoms with Crippen LogP contribution < -0.4 is 14.8 Å². The number of nitrogens with one attached hydrogen (secondary N) is 1. The number of carbonyl (C=O) groups excluding carboxylic acids is 2. The predicted octanol–water partition coefficient (Wildman–Crippen LogP) is 5.23. The summed E-state index contributed by atoms with van der Waals surface area (Å²) in [5.74, 6) is -0.0581. The minimum Gasteiger partial charge on any atom is -0.494 e. The Kier molecular flexibility index (Phi) is 8.15. The fourth-order valence-corrected chi connectivity index (χ4v) is 4.26. The number of amides is 2. The molecule has 1 aliphatic heterocycles. The van der Waals surface area contributed by atoms with Crippen molar-refractivity contribution in [3.8, 4) is 11.5 Å². The van der Waals surface area contributed by atoms with Crippen LogP contribution in [-0.4, -0.2) is 45.9 Å². The van der Waals surface area contributed by atoms with Crippen LogP contribution in [0.15, 0.2) is 53.5 Å². The van der Waals surface area contributed by atoms with Crippen LogP contribution in [0.5, 0.6) is 11.5 Å². The van der Waals surface area contributed by atoms with Crippen molar-refractivity contribution in [1.29, 1.82) is 0 Å². The van der Waals surface area contributed by atoms with Gasteiger partial charge in [-0.15, -0.1) is 8.78 Å². The van der Waals surface area contributed by atoms with Crippen molar-refractivity contribution in [2.24, 2.45) is 4.99 Å². The van der Waals surface area contributed by atoms with E-state index in [-0.39, 0.29) is 18.1 Å². The van der Waals surface area contributed by atoms with Crippen LogP contribution in [0, 0.1) is 0 Å². The quantitative estimate of drug-likeness (QED) is 0.505. The first-order valence-corrected chi connectivity index (χ1v) is 11.4. The van der Waals surface area contributed by atoms with Gasteiger partial charge in [0.1, 0.15) is 16.7 Å². The highest BCUT2D eigenvalue weighted by Crippen LogP contribution is 2.31. The first kappa shape index (κ1) is 24.8. The van der Waals surface area contributed by atoms with Gasteiger partial charge in [-0.1, -0.05) is 11.8 Å². The van der Waals surface area contributed by atoms with Gasteiger partial charge in [0.05, 0.1) is 12.3 Å². The van der Waals surface area contributed by atoms with E-state index in [1.165, 1.54) is 40.9 Å². The molecule has 176 valence electrons. The molecule has 2 amide bonds. The number of rotatable bonds is 8. The van der Waals surface area contributed by atoms with Crippen LogP contribution in [-0.2, 0) is 9.59 Å². The zero-order valence-electron chi connectivity index (χ0n) is 17.9. The molecule has 0 radical (unpaired) electrons. The van der Waals surface area contributed by atoms with Gasteiger partial charge in [-0.25, -0.2) is 4.99 Å². The molecule has 1 unspecified atom stereocenters. The Morgan fingerprint density at radius 1 is 1.18 bits per heavy atom. The molecule has 1 saturated heterocycles. The maximum Gasteiger partial charge on any atom is 0.487 e. The monoisotopic (exact) mass is 497 g/mol. The molecule has 1 aliphatic rings. The predicted molar refractivity (Wildman–Crippen MR) is 125 cm³/mol. The number of aliphatic imine (C=N–C) groups is 1. The first-order chi connectivity index (χ1) is 15.7. The Labute approximate surface area is 199 Å². The lowest BCUT2D eigenvalue weighted by Crippen LogP contribution is -2.45. The number of anilines is 1. The summed E-state index contributed by atoms with van der Waals surface area (Å²) < 4.78 is 35.1. The summed E-state index contributed by atoms with van der Waals surface area (Å²) in [6, 6.07) is 12.4. The average Bonchev–Trinajstić information content (AvgIpc) is 2.75. The Hall–Kier alpha value is -2.85. The van der Waals surface area contributed by atoms with Crippen LogP contribution in [0.1, 0.15) is 20.3 Å². The highest BCUT2D eigenvalue weighted by Gasteiger charge is 2.35. The second-order valence-corrected chi connectivity index (χ2v) is 8.44. The summed E-state index contributed by atoms with van der Waals surface area (Å²) in [4.78, 5) is 31.5. The molecular formula is C22H22ClF2N3O4S. The highest BCUT2D eigenvalue weighted by molar-refractivity contribution is 8.15. The summed E-state index contributed by atoms with van der Waals surface area (Å²) >= 11 is 5.93. The largest absolute Gasteiger partial charge is 0.494 e. The van der Waals surface area contributed by atoms with Gasteiger partial charge in [-0.3, -0.25) is 14.5 Å². The molecule has 11 heteroatoms. The highest BCUT2D eigenvalue weighted by atomic mass is 35.5. The van der Waals surface area contributed by atoms with Crippen molar-refractivity contribution < 1.29 is 27.8 Å². The summed E-state index contributed by atoms with van der Waals surface area (Å²) in [6.07, 6.45) is 0.00625. The first-order valence-electron chi connectivity index (χ1n) is 10.1. The van der Waals surface area contributed by atoms with Crippen molar-refractivity contribution in [1.82, 2.24) is 4.90 Å². The number of nitrogens with zero attached hydrogens (tertiary/aromatic N) is 2. The standard InChI is InChI=1S/C22H22ClF2N3O4S/c1-3-28-19(29)13-18(33-21(28)27-15-5-9-16(10-6-15)31-4-2)20(30)26-14-7-11-17(12-8-14)32-22(23,24)25/h5-12,18H,3-4,13H2,1-2H3,(H,26,30). The lowest BCUT2D eigenvalue weighted by Gasteiger charge is -2.30. The topological polar surface area (TPSA) is 80.2 Å². The Morgan fingerprint density at radius 2 is 1.82 bits per heavy atom. The summed E-state index contributed by atoms with van der Waals surface area (Å²) in [6.45, 7) is 4.69. The minimum absolute atomic E-state index is 0.00625. The van der Waals surface area contributed by atoms with Gasteiger partial charge in [-0.2, -0.15) is 0 Å². The fraction of sp³-hybridized carbons (Fsp3) is 0.318. The van der Waals surface area contributed by atoms with Crippen LogP contribution >= 0.6 is 23.4 Å². The van der Waals surface area contributed by atoms with Crippen molar-refractivity contribution in [2.45, 2.75) is 31.1 Å². The molecule has 3 rings (SSSR count). The van der Waals surface area contributed by atoms with E-state index in [1.54, 1.807) is 24.3 Å². The number of hydrogen-bond acceptors (Lipinski definition) is 6. The van der Waals surface area contributed by atoms with Crippen LogP contribution in [0.4, 0.5) is 20.2 Å². The van der Waals surface area contributed by atoms with Gasteiger partial charge in [0.25, 0.3) is 0 Å². The molecule has 2 aromatic rings. The lowest BCUT2D eigenvalue weighted by molar-refractivity contribution is -0.129. The van der Waals surface area contributed by atoms with E-state index in [0.29, 0.717) is 35.4 Å². The maximum absolute atomic E-state index is 12.8. The van der Waals surface area contributed by atoms with Gasteiger partial charge in [0.2, 0.25) is 11.8 Å². The van der Waals surface area contributed by atoms with Crippen molar-refractivity contribution in [2.75, 3.05) is 18.5 Å². The molecule has 0 bridgehead atoms. The maximum atomic E-state index is 12.8. The molecule has 0 spiro atoms. The molecule has 33 heavy (non-hydrogen) atoms. The molecule has 0 aliphatic carbocycles. The normalized spacial score (nSPS) is 17.7. The second-order valence-electron chi connectivity index (χ2n) is 6.83. The SMILES string of the molecule is CCOc1ccc(N=C2SC(C(=O)Nc3ccc(OC(F)(F)Cl)cc3)CC(=O)N2CC)cc1. The third-order valence-electron chi connectivity index (χ3n) is 4.48. The van der Waals surface area contributed by atoms with E-state index in [9.17, 15) is 18.4 Å². The Balaban J connectivity index is 1.71. The molecule has 1 N–H and O–H groups in total. The summed E-state index contributed by atoms with van der Waals surface area (Å²) in [5, 5.41) is 2.40. The van der Waals surface area contributed by atoms with E-state index < -0.39 is 16.7 Å². The summed E-state index contributed by atoms with van der Waals surface area (Å²) in [5.41, 5.74) is -2.84. The van der Waals surface area contributed by atoms with Gasteiger partial charge in [-0.05, 0) is 62.4 Å². The van der Waals surface area contributed by atoms with E-state index in [0.717, 1.165) is 0 Å². The number of amidine groups is 1. The van der Waals surface area contributed by atoms with E-state index in [4.69, 9.17) is 16.3 Å². The third-order valence-corrected chi connectivity index (χ3v) is 5.74. The van der Waals surface area contributed by atoms with E-state index in [2.05, 4.69) is 15.0 Å². The van der Waals surface area contributed by atoms with Crippen molar-refractivity contribution >= 4 is 51.7 Å². The number of ether oxygens (including phenoxy) is 2. The molecule has 7 nitrogen and oxygen atoms in total. The van der Waals surface area contributed by atoms with Gasteiger partial charge >= 0.3 is 5.57 Å². The molecule has 0 saturated carbocycles. The van der Waals surface area contributed by atoms with Crippen molar-refractivity contribution in [3.05, 3.63) is 48.5 Å². The van der Waals surface area contributed by atoms with Gasteiger partial charge < -0.3 is 14.8 Å². The molecule has 0 aromatic heterocycles. The van der Waals surface area contributed by atoms with Crippen LogP contribution in [0.2, 0.25) is 0 Å². The molecular weight excluding hydrogens is 476 g/mol. The lowest BCUT2D eigenvalue weighted by atomic mass is 10.2. The van der Waals surface area contributed by atoms with Crippen molar-refractivity contribution in [3.63, 3.8) is 0 Å².